The van der Waals surface area contributed by atoms with E-state index in [4.69, 9.17) is 21.1 Å². The van der Waals surface area contributed by atoms with Crippen molar-refractivity contribution in [2.45, 2.75) is 73.8 Å². The molecule has 2 fully saturated rings. The van der Waals surface area contributed by atoms with Gasteiger partial charge < -0.3 is 24.6 Å². The van der Waals surface area contributed by atoms with Crippen LogP contribution in [0.25, 0.3) is 5.82 Å². The molecule has 1 aliphatic carbocycles. The predicted octanol–water partition coefficient (Wildman–Crippen LogP) is 3.35. The fourth-order valence-electron chi connectivity index (χ4n) is 5.07. The van der Waals surface area contributed by atoms with Gasteiger partial charge in [-0.25, -0.2) is 14.3 Å². The van der Waals surface area contributed by atoms with E-state index in [-0.39, 0.29) is 11.9 Å². The van der Waals surface area contributed by atoms with Gasteiger partial charge in [0.2, 0.25) is 0 Å². The van der Waals surface area contributed by atoms with Crippen LogP contribution in [0.3, 0.4) is 0 Å². The maximum Gasteiger partial charge on any atom is 0.273 e. The zero-order valence-electron chi connectivity index (χ0n) is 22.9. The van der Waals surface area contributed by atoms with Gasteiger partial charge in [-0.2, -0.15) is 5.10 Å². The van der Waals surface area contributed by atoms with E-state index in [2.05, 4.69) is 36.3 Å². The van der Waals surface area contributed by atoms with Gasteiger partial charge in [0.05, 0.1) is 12.8 Å². The number of pyridine rings is 1. The third kappa shape index (κ3) is 6.48. The number of hydrogen-bond donors (Lipinski definition) is 2. The summed E-state index contributed by atoms with van der Waals surface area (Å²) in [6, 6.07) is 2.67. The number of aromatic nitrogens is 6. The van der Waals surface area contributed by atoms with E-state index < -0.39 is 36.4 Å². The van der Waals surface area contributed by atoms with Gasteiger partial charge in [0, 0.05) is 41.5 Å². The van der Waals surface area contributed by atoms with E-state index in [0.717, 1.165) is 12.8 Å². The Bertz CT molecular complexity index is 1360. The number of aliphatic hydroxyl groups is 2. The summed E-state index contributed by atoms with van der Waals surface area (Å²) >= 11 is 10.7. The minimum atomic E-state index is -1.17. The lowest BCUT2D eigenvalue weighted by Crippen LogP contribution is -2.55. The highest BCUT2D eigenvalue weighted by molar-refractivity contribution is 9.10. The Morgan fingerprint density at radius 1 is 1.39 bits per heavy atom. The molecule has 0 spiro atoms. The Labute approximate surface area is 255 Å². The quantitative estimate of drug-likeness (QED) is 0.330. The summed E-state index contributed by atoms with van der Waals surface area (Å²) in [7, 11) is 1.51. The summed E-state index contributed by atoms with van der Waals surface area (Å²) < 4.78 is 15.7. The third-order valence-corrected chi connectivity index (χ3v) is 9.33. The molecular weight excluding hydrogens is 638 g/mol. The number of amides is 1. The van der Waals surface area contributed by atoms with E-state index in [1.165, 1.54) is 34.7 Å². The largest absolute Gasteiger partial charge is 0.394 e. The van der Waals surface area contributed by atoms with Crippen LogP contribution >= 0.6 is 39.3 Å². The van der Waals surface area contributed by atoms with E-state index in [0.29, 0.717) is 38.5 Å². The number of ether oxygens (including phenoxy) is 2. The minimum Gasteiger partial charge on any atom is -0.394 e. The van der Waals surface area contributed by atoms with Crippen molar-refractivity contribution in [1.82, 2.24) is 34.7 Å². The van der Waals surface area contributed by atoms with E-state index in [1.807, 2.05) is 24.8 Å². The van der Waals surface area contributed by atoms with Crippen LogP contribution in [0.5, 0.6) is 0 Å². The molecule has 41 heavy (non-hydrogen) atoms. The highest BCUT2D eigenvalue weighted by Crippen LogP contribution is 2.41. The standard InChI is InChI=1S/C26H33BrClN7O5S/c1-14(2)33(11-15-5-4-6-15)25(38)21-18(9-16(27)10-29-21)41-26-24(39-3)22(23(37)17(13-36)40-26)35-12-20(30-32-35)34-8-7-19(28)31-34/h7-10,12,14-15,17,22-24,26,36-37H,4-6,11,13H2,1-3H3/t17?,22-,23-,24?,26+/m0/s1. The van der Waals surface area contributed by atoms with Crippen molar-refractivity contribution in [3.05, 3.63) is 46.0 Å². The van der Waals surface area contributed by atoms with Crippen molar-refractivity contribution in [1.29, 1.82) is 0 Å². The zero-order chi connectivity index (χ0) is 29.3. The molecule has 3 aromatic rings. The van der Waals surface area contributed by atoms with Crippen LogP contribution in [0.4, 0.5) is 0 Å². The third-order valence-electron chi connectivity index (χ3n) is 7.52. The second-order valence-electron chi connectivity index (χ2n) is 10.5. The smallest absolute Gasteiger partial charge is 0.273 e. The number of methoxy groups -OCH3 is 1. The van der Waals surface area contributed by atoms with Gasteiger partial charge in [-0.3, -0.25) is 4.79 Å². The van der Waals surface area contributed by atoms with Crippen LogP contribution in [-0.2, 0) is 9.47 Å². The molecule has 1 saturated heterocycles. The monoisotopic (exact) mass is 669 g/mol. The average molecular weight is 671 g/mol. The first-order chi connectivity index (χ1) is 19.7. The molecule has 1 amide bonds. The fourth-order valence-corrected chi connectivity index (χ4v) is 6.99. The van der Waals surface area contributed by atoms with Gasteiger partial charge in [-0.05, 0) is 60.7 Å². The molecule has 2 unspecified atom stereocenters. The molecule has 0 bridgehead atoms. The van der Waals surface area contributed by atoms with Crippen LogP contribution < -0.4 is 0 Å². The van der Waals surface area contributed by atoms with E-state index in [1.54, 1.807) is 24.7 Å². The Morgan fingerprint density at radius 3 is 2.78 bits per heavy atom. The maximum atomic E-state index is 13.8. The molecule has 2 N–H and O–H groups in total. The van der Waals surface area contributed by atoms with Crippen molar-refractivity contribution in [2.75, 3.05) is 20.3 Å². The summed E-state index contributed by atoms with van der Waals surface area (Å²) in [5, 5.41) is 34.1. The second kappa shape index (κ2) is 13.1. The Hall–Kier alpha value is -2.07. The van der Waals surface area contributed by atoms with Gasteiger partial charge in [-0.1, -0.05) is 35.0 Å². The maximum absolute atomic E-state index is 13.8. The highest BCUT2D eigenvalue weighted by Gasteiger charge is 2.48. The molecule has 2 aliphatic rings. The van der Waals surface area contributed by atoms with Crippen LogP contribution in [0, 0.1) is 5.92 Å². The zero-order valence-corrected chi connectivity index (χ0v) is 26.0. The molecule has 4 heterocycles. The first kappa shape index (κ1) is 30.4. The van der Waals surface area contributed by atoms with Crippen LogP contribution in [0.1, 0.15) is 49.6 Å². The molecule has 5 rings (SSSR count). The Kier molecular flexibility index (Phi) is 9.68. The SMILES string of the molecule is COC1[C@@H](Sc2cc(Br)cnc2C(=O)N(CC2CCC2)C(C)C)OC(CO)[C@H](O)[C@@H]1n1cc(-n2ccc(Cl)n2)nn1. The van der Waals surface area contributed by atoms with Crippen LogP contribution in [-0.4, -0.2) is 101 Å². The highest BCUT2D eigenvalue weighted by atomic mass is 79.9. The summed E-state index contributed by atoms with van der Waals surface area (Å²) in [6.07, 6.45) is 5.46. The second-order valence-corrected chi connectivity index (χ2v) is 13.0. The summed E-state index contributed by atoms with van der Waals surface area (Å²) in [4.78, 5) is 20.8. The lowest BCUT2D eigenvalue weighted by molar-refractivity contribution is -0.186. The lowest BCUT2D eigenvalue weighted by Gasteiger charge is -2.43. The first-order valence-corrected chi connectivity index (χ1v) is 15.5. The number of nitrogens with zero attached hydrogens (tertiary/aromatic N) is 7. The molecule has 15 heteroatoms. The predicted molar refractivity (Wildman–Crippen MR) is 155 cm³/mol. The summed E-state index contributed by atoms with van der Waals surface area (Å²) in [5.74, 6) is 0.741. The fraction of sp³-hybridized carbons (Fsp3) is 0.577. The number of carbonyl (C=O) groups is 1. The normalized spacial score (nSPS) is 24.9. The van der Waals surface area contributed by atoms with Crippen molar-refractivity contribution in [3.8, 4) is 5.82 Å². The number of aliphatic hydroxyl groups excluding tert-OH is 2. The topological polar surface area (TPSA) is 141 Å². The van der Waals surface area contributed by atoms with Crippen molar-refractivity contribution in [3.63, 3.8) is 0 Å². The Balaban J connectivity index is 1.45. The number of hydrogen-bond acceptors (Lipinski definition) is 10. The molecule has 0 aromatic carbocycles. The number of halogens is 2. The molecule has 12 nitrogen and oxygen atoms in total. The van der Waals surface area contributed by atoms with Gasteiger partial charge in [0.15, 0.2) is 11.0 Å². The number of rotatable bonds is 10. The van der Waals surface area contributed by atoms with Crippen molar-refractivity contribution < 1.29 is 24.5 Å². The molecule has 0 radical (unpaired) electrons. The molecule has 1 aliphatic heterocycles. The summed E-state index contributed by atoms with van der Waals surface area (Å²) in [6.45, 7) is 4.27. The number of thioether (sulfide) groups is 1. The van der Waals surface area contributed by atoms with Crippen molar-refractivity contribution in [2.24, 2.45) is 5.92 Å². The van der Waals surface area contributed by atoms with E-state index >= 15 is 0 Å². The van der Waals surface area contributed by atoms with Crippen LogP contribution in [0.2, 0.25) is 5.15 Å². The van der Waals surface area contributed by atoms with Gasteiger partial charge in [0.25, 0.3) is 5.91 Å². The molecule has 5 atom stereocenters. The van der Waals surface area contributed by atoms with Gasteiger partial charge in [0.1, 0.15) is 35.5 Å². The Morgan fingerprint density at radius 2 is 2.17 bits per heavy atom. The van der Waals surface area contributed by atoms with Crippen molar-refractivity contribution >= 4 is 45.2 Å². The molecule has 1 saturated carbocycles. The van der Waals surface area contributed by atoms with Crippen LogP contribution in [0.15, 0.2) is 40.1 Å². The first-order valence-electron chi connectivity index (χ1n) is 13.4. The number of carbonyl (C=O) groups excluding carboxylic acids is 1. The average Bonchev–Trinajstić information content (AvgIpc) is 3.57. The molecular formula is C26H33BrClN7O5S. The lowest BCUT2D eigenvalue weighted by atomic mass is 9.85. The van der Waals surface area contributed by atoms with E-state index in [9.17, 15) is 15.0 Å². The summed E-state index contributed by atoms with van der Waals surface area (Å²) in [5.41, 5.74) is -0.425. The minimum absolute atomic E-state index is 0.00790. The van der Waals surface area contributed by atoms with Gasteiger partial charge >= 0.3 is 0 Å². The molecule has 222 valence electrons. The van der Waals surface area contributed by atoms with Gasteiger partial charge in [-0.15, -0.1) is 5.10 Å². The molecule has 3 aromatic heterocycles.